The molecule has 6 N–H and O–H groups in total. The maximum absolute atomic E-state index is 13.0. The number of hydrogen-bond donors (Lipinski definition) is 6. The molecule has 0 spiro atoms. The number of amides is 1. The zero-order chi connectivity index (χ0) is 40.9. The van der Waals surface area contributed by atoms with Crippen LogP contribution in [0.25, 0.3) is 0 Å². The van der Waals surface area contributed by atoms with E-state index >= 15 is 0 Å². The van der Waals surface area contributed by atoms with Crippen LogP contribution in [0.15, 0.2) is 12.2 Å². The maximum Gasteiger partial charge on any atom is 0.220 e. The Balaban J connectivity index is 2.29. The highest BCUT2D eigenvalue weighted by Crippen LogP contribution is 2.23. The highest BCUT2D eigenvalue weighted by Gasteiger charge is 2.44. The van der Waals surface area contributed by atoms with Crippen molar-refractivity contribution in [2.75, 3.05) is 13.2 Å². The Morgan fingerprint density at radius 2 is 0.982 bits per heavy atom. The molecule has 1 rings (SSSR count). The number of aliphatic hydroxyl groups excluding tert-OH is 5. The van der Waals surface area contributed by atoms with E-state index in [1.54, 1.807) is 6.08 Å². The second-order valence-corrected chi connectivity index (χ2v) is 16.9. The van der Waals surface area contributed by atoms with Crippen molar-refractivity contribution in [1.82, 2.24) is 5.32 Å². The van der Waals surface area contributed by atoms with Gasteiger partial charge in [-0.3, -0.25) is 4.79 Å². The number of allylic oxidation sites excluding steroid dienone is 1. The number of hydrogen-bond acceptors (Lipinski definition) is 8. The van der Waals surface area contributed by atoms with Crippen molar-refractivity contribution in [2.45, 2.75) is 269 Å². The molecule has 9 nitrogen and oxygen atoms in total. The van der Waals surface area contributed by atoms with Crippen LogP contribution in [0.2, 0.25) is 0 Å². The molecule has 7 atom stereocenters. The van der Waals surface area contributed by atoms with Gasteiger partial charge in [0.25, 0.3) is 0 Å². The first-order chi connectivity index (χ1) is 27.3. The predicted octanol–water partition coefficient (Wildman–Crippen LogP) is 10.1. The molecule has 0 aliphatic carbocycles. The molecule has 1 aliphatic heterocycles. The first kappa shape index (κ1) is 52.9. The van der Waals surface area contributed by atoms with E-state index in [2.05, 4.69) is 19.2 Å². The van der Waals surface area contributed by atoms with Gasteiger partial charge in [-0.25, -0.2) is 0 Å². The van der Waals surface area contributed by atoms with Gasteiger partial charge in [0.05, 0.1) is 25.4 Å². The minimum atomic E-state index is -1.56. The quantitative estimate of drug-likeness (QED) is 0.0265. The average molecular weight is 798 g/mol. The van der Waals surface area contributed by atoms with Gasteiger partial charge >= 0.3 is 0 Å². The Bertz CT molecular complexity index is 888. The van der Waals surface area contributed by atoms with E-state index < -0.39 is 49.5 Å². The second-order valence-electron chi connectivity index (χ2n) is 16.9. The summed E-state index contributed by atoms with van der Waals surface area (Å²) in [5.74, 6) is -0.173. The van der Waals surface area contributed by atoms with E-state index in [-0.39, 0.29) is 12.5 Å². The van der Waals surface area contributed by atoms with Gasteiger partial charge in [0, 0.05) is 6.42 Å². The smallest absolute Gasteiger partial charge is 0.220 e. The lowest BCUT2D eigenvalue weighted by atomic mass is 9.99. The third-order valence-corrected chi connectivity index (χ3v) is 11.6. The molecule has 0 unspecified atom stereocenters. The van der Waals surface area contributed by atoms with E-state index in [1.165, 1.54) is 167 Å². The molecule has 1 aliphatic rings. The normalized spacial score (nSPS) is 21.2. The second kappa shape index (κ2) is 38.2. The summed E-state index contributed by atoms with van der Waals surface area (Å²) in [7, 11) is 0. The van der Waals surface area contributed by atoms with Crippen LogP contribution in [0.5, 0.6) is 0 Å². The van der Waals surface area contributed by atoms with Crippen LogP contribution in [-0.4, -0.2) is 87.5 Å². The van der Waals surface area contributed by atoms with Crippen LogP contribution < -0.4 is 5.32 Å². The van der Waals surface area contributed by atoms with E-state index in [1.807, 2.05) is 6.08 Å². The summed E-state index contributed by atoms with van der Waals surface area (Å²) in [4.78, 5) is 13.0. The zero-order valence-corrected chi connectivity index (χ0v) is 36.4. The maximum atomic E-state index is 13.0. The van der Waals surface area contributed by atoms with Gasteiger partial charge < -0.3 is 40.3 Å². The van der Waals surface area contributed by atoms with Gasteiger partial charge in [0.15, 0.2) is 6.29 Å². The van der Waals surface area contributed by atoms with E-state index in [0.717, 1.165) is 38.5 Å². The van der Waals surface area contributed by atoms with Crippen molar-refractivity contribution in [3.8, 4) is 0 Å². The van der Waals surface area contributed by atoms with Crippen LogP contribution in [0, 0.1) is 0 Å². The molecular weight excluding hydrogens is 707 g/mol. The van der Waals surface area contributed by atoms with Crippen LogP contribution in [0.4, 0.5) is 0 Å². The molecule has 1 heterocycles. The minimum absolute atomic E-state index is 0.173. The summed E-state index contributed by atoms with van der Waals surface area (Å²) in [5, 5.41) is 54.2. The number of unbranched alkanes of at least 4 members (excludes halogenated alkanes) is 30. The number of carbonyl (C=O) groups excluding carboxylic acids is 1. The SMILES string of the molecule is CCCCCCCCCCCCC/C=C/[C@@H](O)[C@H](CO[C@@H]1O[C@H](CO)[C@@H](O)[C@H](O)[C@H]1O)NC(=O)CCCCCCCCCCCCCCCCCCCCCC. The van der Waals surface area contributed by atoms with Crippen LogP contribution in [0.3, 0.4) is 0 Å². The van der Waals surface area contributed by atoms with Crippen molar-refractivity contribution in [3.05, 3.63) is 12.2 Å². The summed E-state index contributed by atoms with van der Waals surface area (Å²) in [6, 6.07) is -0.798. The van der Waals surface area contributed by atoms with Gasteiger partial charge in [-0.1, -0.05) is 212 Å². The number of aliphatic hydroxyl groups is 5. The summed E-state index contributed by atoms with van der Waals surface area (Å²) in [5.41, 5.74) is 0. The zero-order valence-electron chi connectivity index (χ0n) is 36.4. The Kier molecular flexibility index (Phi) is 36.1. The van der Waals surface area contributed by atoms with Crippen molar-refractivity contribution in [2.24, 2.45) is 0 Å². The van der Waals surface area contributed by atoms with Crippen molar-refractivity contribution >= 4 is 5.91 Å². The monoisotopic (exact) mass is 798 g/mol. The topological polar surface area (TPSA) is 149 Å². The van der Waals surface area contributed by atoms with Gasteiger partial charge in [0.1, 0.15) is 24.4 Å². The molecule has 56 heavy (non-hydrogen) atoms. The fourth-order valence-corrected chi connectivity index (χ4v) is 7.75. The molecule has 0 aromatic carbocycles. The van der Waals surface area contributed by atoms with Crippen molar-refractivity contribution in [3.63, 3.8) is 0 Å². The molecule has 0 bridgehead atoms. The summed E-state index contributed by atoms with van der Waals surface area (Å²) in [6.07, 6.45) is 36.8. The van der Waals surface area contributed by atoms with Crippen molar-refractivity contribution < 1.29 is 39.8 Å². The first-order valence-electron chi connectivity index (χ1n) is 23.9. The van der Waals surface area contributed by atoms with Gasteiger partial charge in [0.2, 0.25) is 5.91 Å². The van der Waals surface area contributed by atoms with E-state index in [0.29, 0.717) is 6.42 Å². The Morgan fingerprint density at radius 3 is 1.39 bits per heavy atom. The van der Waals surface area contributed by atoms with Crippen molar-refractivity contribution in [1.29, 1.82) is 0 Å². The highest BCUT2D eigenvalue weighted by atomic mass is 16.7. The Hall–Kier alpha value is -1.07. The molecule has 0 saturated carbocycles. The molecule has 1 saturated heterocycles. The molecule has 1 amide bonds. The summed E-state index contributed by atoms with van der Waals surface area (Å²) in [6.45, 7) is 3.78. The Labute approximate surface area is 344 Å². The van der Waals surface area contributed by atoms with E-state index in [4.69, 9.17) is 9.47 Å². The average Bonchev–Trinajstić information content (AvgIpc) is 3.20. The minimum Gasteiger partial charge on any atom is -0.394 e. The standard InChI is InChI=1S/C47H91NO8/c1-3-5-7-9-11-13-15-17-18-19-20-21-22-23-25-27-29-31-33-35-37-43(51)48-40(39-55-47-46(54)45(53)44(52)42(38-49)56-47)41(50)36-34-32-30-28-26-24-16-14-12-10-8-6-4-2/h34,36,40-42,44-47,49-50,52-54H,3-33,35,37-39H2,1-2H3,(H,48,51)/b36-34+/t40-,41+,42+,44+,45-,46+,47+/m0/s1. The molecule has 9 heteroatoms. The molecule has 332 valence electrons. The van der Waals surface area contributed by atoms with E-state index in [9.17, 15) is 30.3 Å². The van der Waals surface area contributed by atoms with Gasteiger partial charge in [-0.15, -0.1) is 0 Å². The summed E-state index contributed by atoms with van der Waals surface area (Å²) >= 11 is 0. The molecule has 0 aromatic heterocycles. The van der Waals surface area contributed by atoms with Crippen LogP contribution in [-0.2, 0) is 14.3 Å². The number of ether oxygens (including phenoxy) is 2. The number of rotatable bonds is 40. The lowest BCUT2D eigenvalue weighted by Crippen LogP contribution is -2.60. The third kappa shape index (κ3) is 28.4. The fourth-order valence-electron chi connectivity index (χ4n) is 7.75. The Morgan fingerprint density at radius 1 is 0.589 bits per heavy atom. The van der Waals surface area contributed by atoms with Gasteiger partial charge in [-0.2, -0.15) is 0 Å². The molecule has 0 aromatic rings. The third-order valence-electron chi connectivity index (χ3n) is 11.6. The lowest BCUT2D eigenvalue weighted by Gasteiger charge is -2.40. The first-order valence-corrected chi connectivity index (χ1v) is 23.9. The van der Waals surface area contributed by atoms with Gasteiger partial charge in [-0.05, 0) is 19.3 Å². The fraction of sp³-hybridized carbons (Fsp3) is 0.936. The lowest BCUT2D eigenvalue weighted by molar-refractivity contribution is -0.302. The largest absolute Gasteiger partial charge is 0.394 e. The molecular formula is C47H91NO8. The predicted molar refractivity (Wildman–Crippen MR) is 231 cm³/mol. The summed E-state index contributed by atoms with van der Waals surface area (Å²) < 4.78 is 11.2. The number of nitrogens with one attached hydrogen (secondary N) is 1. The highest BCUT2D eigenvalue weighted by molar-refractivity contribution is 5.76. The number of carbonyl (C=O) groups is 1. The van der Waals surface area contributed by atoms with Crippen LogP contribution in [0.1, 0.15) is 226 Å². The molecule has 1 fully saturated rings. The van der Waals surface area contributed by atoms with Crippen LogP contribution >= 0.6 is 0 Å². The molecule has 0 radical (unpaired) electrons.